The third-order valence-corrected chi connectivity index (χ3v) is 2.98. The minimum absolute atomic E-state index is 0.0477. The van der Waals surface area contributed by atoms with Crippen molar-refractivity contribution in [1.29, 1.82) is 5.26 Å². The van der Waals surface area contributed by atoms with E-state index in [4.69, 9.17) is 15.1 Å². The number of aliphatic hydroxyl groups excluding tert-OH is 1. The number of nitrogens with zero attached hydrogens (tertiary/aromatic N) is 2. The summed E-state index contributed by atoms with van der Waals surface area (Å²) < 4.78 is 5.99. The number of nitriles is 1. The van der Waals surface area contributed by atoms with Gasteiger partial charge >= 0.3 is 0 Å². The number of rotatable bonds is 6. The number of hydrogen-bond donors (Lipinski definition) is 1. The summed E-state index contributed by atoms with van der Waals surface area (Å²) >= 11 is 3.36. The van der Waals surface area contributed by atoms with Gasteiger partial charge in [-0.25, -0.2) is 0 Å². The largest absolute Gasteiger partial charge is 0.394 e. The number of ether oxygens (including phenoxy) is 1. The molecular formula is C12H15BrN2O2. The van der Waals surface area contributed by atoms with Crippen molar-refractivity contribution >= 4 is 21.6 Å². The first-order valence-corrected chi connectivity index (χ1v) is 6.07. The highest BCUT2D eigenvalue weighted by molar-refractivity contribution is 9.10. The van der Waals surface area contributed by atoms with Gasteiger partial charge in [-0.15, -0.1) is 0 Å². The fraction of sp³-hybridized carbons (Fsp3) is 0.417. The maximum atomic E-state index is 8.81. The van der Waals surface area contributed by atoms with Gasteiger partial charge in [-0.1, -0.05) is 0 Å². The third-order valence-electron chi connectivity index (χ3n) is 2.32. The molecule has 0 radical (unpaired) electrons. The van der Waals surface area contributed by atoms with Crippen LogP contribution in [0.15, 0.2) is 22.7 Å². The minimum atomic E-state index is 0.0477. The molecule has 0 saturated carbocycles. The zero-order valence-corrected chi connectivity index (χ0v) is 11.3. The van der Waals surface area contributed by atoms with E-state index in [0.717, 1.165) is 16.7 Å². The van der Waals surface area contributed by atoms with E-state index in [1.165, 1.54) is 0 Å². The second-order valence-electron chi connectivity index (χ2n) is 3.53. The summed E-state index contributed by atoms with van der Waals surface area (Å²) in [4.78, 5) is 2.03. The Morgan fingerprint density at radius 2 is 2.24 bits per heavy atom. The molecular weight excluding hydrogens is 284 g/mol. The molecule has 92 valence electrons. The van der Waals surface area contributed by atoms with Crippen LogP contribution in [-0.4, -0.2) is 38.5 Å². The Balaban J connectivity index is 2.55. The van der Waals surface area contributed by atoms with Gasteiger partial charge in [0, 0.05) is 23.8 Å². The van der Waals surface area contributed by atoms with Gasteiger partial charge in [0.15, 0.2) is 0 Å². The molecule has 0 unspecified atom stereocenters. The Kier molecular flexibility index (Phi) is 5.98. The molecule has 0 aliphatic heterocycles. The monoisotopic (exact) mass is 298 g/mol. The first kappa shape index (κ1) is 14.0. The normalized spacial score (nSPS) is 10.0. The molecule has 1 rings (SSSR count). The van der Waals surface area contributed by atoms with Crippen molar-refractivity contribution in [2.45, 2.75) is 0 Å². The van der Waals surface area contributed by atoms with E-state index in [1.807, 2.05) is 24.1 Å². The summed E-state index contributed by atoms with van der Waals surface area (Å²) in [6.07, 6.45) is 0. The fourth-order valence-corrected chi connectivity index (χ4v) is 1.78. The summed E-state index contributed by atoms with van der Waals surface area (Å²) in [6, 6.07) is 7.69. The summed E-state index contributed by atoms with van der Waals surface area (Å²) in [5.41, 5.74) is 1.64. The Bertz CT molecular complexity index is 404. The zero-order chi connectivity index (χ0) is 12.7. The summed E-state index contributed by atoms with van der Waals surface area (Å²) in [7, 11) is 1.95. The van der Waals surface area contributed by atoms with Crippen LogP contribution >= 0.6 is 15.9 Å². The van der Waals surface area contributed by atoms with Crippen LogP contribution in [0, 0.1) is 11.3 Å². The second-order valence-corrected chi connectivity index (χ2v) is 4.39. The van der Waals surface area contributed by atoms with E-state index in [0.29, 0.717) is 18.8 Å². The van der Waals surface area contributed by atoms with Gasteiger partial charge in [0.1, 0.15) is 6.07 Å². The highest BCUT2D eigenvalue weighted by Crippen LogP contribution is 2.22. The number of halogens is 1. The van der Waals surface area contributed by atoms with E-state index >= 15 is 0 Å². The van der Waals surface area contributed by atoms with Crippen molar-refractivity contribution in [3.05, 3.63) is 28.2 Å². The first-order valence-electron chi connectivity index (χ1n) is 5.28. The van der Waals surface area contributed by atoms with Gasteiger partial charge in [0.2, 0.25) is 0 Å². The second kappa shape index (κ2) is 7.28. The Labute approximate surface area is 110 Å². The van der Waals surface area contributed by atoms with Gasteiger partial charge in [0.25, 0.3) is 0 Å². The van der Waals surface area contributed by atoms with Gasteiger partial charge in [-0.3, -0.25) is 0 Å². The average molecular weight is 299 g/mol. The van der Waals surface area contributed by atoms with Crippen molar-refractivity contribution in [1.82, 2.24) is 0 Å². The molecule has 1 aromatic carbocycles. The molecule has 1 N–H and O–H groups in total. The molecule has 1 aromatic rings. The topological polar surface area (TPSA) is 56.5 Å². The molecule has 0 aromatic heterocycles. The Hall–Kier alpha value is -1.09. The lowest BCUT2D eigenvalue weighted by atomic mass is 10.2. The predicted molar refractivity (Wildman–Crippen MR) is 70.0 cm³/mol. The first-order chi connectivity index (χ1) is 8.19. The average Bonchev–Trinajstić information content (AvgIpc) is 2.34. The molecule has 0 aliphatic rings. The SMILES string of the molecule is CN(CCOCCO)c1ccc(C#N)c(Br)c1. The van der Waals surface area contributed by atoms with Gasteiger partial charge in [0.05, 0.1) is 25.4 Å². The highest BCUT2D eigenvalue weighted by atomic mass is 79.9. The van der Waals surface area contributed by atoms with E-state index in [2.05, 4.69) is 22.0 Å². The molecule has 0 bridgehead atoms. The van der Waals surface area contributed by atoms with Crippen LogP contribution in [0.5, 0.6) is 0 Å². The maximum Gasteiger partial charge on any atom is 0.100 e. The predicted octanol–water partition coefficient (Wildman–Crippen LogP) is 1.77. The van der Waals surface area contributed by atoms with Crippen molar-refractivity contribution in [2.75, 3.05) is 38.3 Å². The molecule has 5 heteroatoms. The number of anilines is 1. The molecule has 0 spiro atoms. The summed E-state index contributed by atoms with van der Waals surface area (Å²) in [6.45, 7) is 1.71. The molecule has 0 fully saturated rings. The Morgan fingerprint density at radius 1 is 1.47 bits per heavy atom. The van der Waals surface area contributed by atoms with Crippen molar-refractivity contribution in [3.63, 3.8) is 0 Å². The fourth-order valence-electron chi connectivity index (χ4n) is 1.33. The summed E-state index contributed by atoms with van der Waals surface area (Å²) in [5, 5.41) is 17.4. The number of aliphatic hydroxyl groups is 1. The van der Waals surface area contributed by atoms with Crippen LogP contribution in [0.1, 0.15) is 5.56 Å². The Morgan fingerprint density at radius 3 is 2.82 bits per heavy atom. The molecule has 0 aliphatic carbocycles. The molecule has 0 saturated heterocycles. The zero-order valence-electron chi connectivity index (χ0n) is 9.69. The van der Waals surface area contributed by atoms with Gasteiger partial charge in [-0.2, -0.15) is 5.26 Å². The van der Waals surface area contributed by atoms with E-state index in [9.17, 15) is 0 Å². The van der Waals surface area contributed by atoms with E-state index in [-0.39, 0.29) is 6.61 Å². The number of likely N-dealkylation sites (N-methyl/N-ethyl adjacent to an activating group) is 1. The molecule has 0 heterocycles. The van der Waals surface area contributed by atoms with Crippen molar-refractivity contribution in [2.24, 2.45) is 0 Å². The van der Waals surface area contributed by atoms with E-state index in [1.54, 1.807) is 6.07 Å². The lowest BCUT2D eigenvalue weighted by Gasteiger charge is -2.19. The third kappa shape index (κ3) is 4.35. The minimum Gasteiger partial charge on any atom is -0.394 e. The van der Waals surface area contributed by atoms with Gasteiger partial charge in [-0.05, 0) is 34.1 Å². The van der Waals surface area contributed by atoms with Crippen LogP contribution in [0.3, 0.4) is 0 Å². The molecule has 17 heavy (non-hydrogen) atoms. The molecule has 0 amide bonds. The van der Waals surface area contributed by atoms with Crippen LogP contribution in [0.2, 0.25) is 0 Å². The lowest BCUT2D eigenvalue weighted by Crippen LogP contribution is -2.23. The molecule has 0 atom stereocenters. The number of hydrogen-bond acceptors (Lipinski definition) is 4. The van der Waals surface area contributed by atoms with Crippen LogP contribution < -0.4 is 4.90 Å². The quantitative estimate of drug-likeness (QED) is 0.813. The number of benzene rings is 1. The van der Waals surface area contributed by atoms with Crippen LogP contribution in [0.25, 0.3) is 0 Å². The van der Waals surface area contributed by atoms with Crippen molar-refractivity contribution < 1.29 is 9.84 Å². The standard InChI is InChI=1S/C12H15BrN2O2/c1-15(4-6-17-7-5-16)11-3-2-10(9-14)12(13)8-11/h2-3,8,16H,4-7H2,1H3. The highest BCUT2D eigenvalue weighted by Gasteiger charge is 2.04. The van der Waals surface area contributed by atoms with Crippen molar-refractivity contribution in [3.8, 4) is 6.07 Å². The summed E-state index contributed by atoms with van der Waals surface area (Å²) in [5.74, 6) is 0. The smallest absolute Gasteiger partial charge is 0.100 e. The van der Waals surface area contributed by atoms with Crippen LogP contribution in [0.4, 0.5) is 5.69 Å². The lowest BCUT2D eigenvalue weighted by molar-refractivity contribution is 0.0971. The molecule has 4 nitrogen and oxygen atoms in total. The van der Waals surface area contributed by atoms with E-state index < -0.39 is 0 Å². The van der Waals surface area contributed by atoms with Crippen LogP contribution in [-0.2, 0) is 4.74 Å². The maximum absolute atomic E-state index is 8.81. The van der Waals surface area contributed by atoms with Gasteiger partial charge < -0.3 is 14.7 Å².